The van der Waals surface area contributed by atoms with E-state index >= 15 is 0 Å². The first-order chi connectivity index (χ1) is 10.4. The second-order valence-electron chi connectivity index (χ2n) is 5.44. The molecule has 6 nitrogen and oxygen atoms in total. The highest BCUT2D eigenvalue weighted by atomic mass is 32.2. The first-order valence-corrected chi connectivity index (χ1v) is 8.91. The third-order valence-corrected chi connectivity index (χ3v) is 5.63. The molecule has 0 spiro atoms. The first-order valence-electron chi connectivity index (χ1n) is 7.09. The summed E-state index contributed by atoms with van der Waals surface area (Å²) >= 11 is 0. The number of benzene rings is 1. The van der Waals surface area contributed by atoms with Gasteiger partial charge in [0.25, 0.3) is 0 Å². The Balaban J connectivity index is 2.12. The Morgan fingerprint density at radius 3 is 2.59 bits per heavy atom. The van der Waals surface area contributed by atoms with Crippen molar-refractivity contribution in [1.82, 2.24) is 5.32 Å². The van der Waals surface area contributed by atoms with Crippen LogP contribution in [-0.2, 0) is 14.6 Å². The van der Waals surface area contributed by atoms with Crippen LogP contribution in [-0.4, -0.2) is 40.1 Å². The van der Waals surface area contributed by atoms with E-state index in [9.17, 15) is 13.2 Å². The highest BCUT2D eigenvalue weighted by Gasteiger charge is 2.33. The minimum absolute atomic E-state index is 0.0687. The predicted octanol–water partition coefficient (Wildman–Crippen LogP) is 1.32. The number of nitrogens with one attached hydrogen (secondary N) is 1. The number of hydrogen-bond acceptors (Lipinski definition) is 5. The number of hydrogen-bond donors (Lipinski definition) is 1. The second kappa shape index (κ2) is 6.56. The second-order valence-corrected chi connectivity index (χ2v) is 7.67. The maximum atomic E-state index is 12.2. The molecule has 0 radical (unpaired) electrons. The summed E-state index contributed by atoms with van der Waals surface area (Å²) in [4.78, 5) is 12.2. The molecular formula is C15H21NO5S. The van der Waals surface area contributed by atoms with Gasteiger partial charge in [-0.2, -0.15) is 0 Å². The van der Waals surface area contributed by atoms with E-state index in [0.29, 0.717) is 17.9 Å². The van der Waals surface area contributed by atoms with Crippen LogP contribution in [0.15, 0.2) is 18.2 Å². The molecule has 1 fully saturated rings. The molecule has 7 heteroatoms. The number of methoxy groups -OCH3 is 2. The molecule has 1 N–H and O–H groups in total. The van der Waals surface area contributed by atoms with Gasteiger partial charge in [-0.25, -0.2) is 8.42 Å². The molecule has 1 aromatic rings. The van der Waals surface area contributed by atoms with Crippen LogP contribution in [0.3, 0.4) is 0 Å². The van der Waals surface area contributed by atoms with Crippen molar-refractivity contribution in [3.05, 3.63) is 23.8 Å². The smallest absolute Gasteiger partial charge is 0.224 e. The van der Waals surface area contributed by atoms with Crippen molar-refractivity contribution in [2.75, 3.05) is 25.7 Å². The van der Waals surface area contributed by atoms with Gasteiger partial charge in [0.15, 0.2) is 9.84 Å². The summed E-state index contributed by atoms with van der Waals surface area (Å²) in [5, 5.41) is 2.86. The molecule has 1 heterocycles. The fourth-order valence-corrected chi connectivity index (χ4v) is 4.33. The van der Waals surface area contributed by atoms with E-state index in [0.717, 1.165) is 5.56 Å². The van der Waals surface area contributed by atoms with Gasteiger partial charge in [0, 0.05) is 5.56 Å². The molecule has 1 saturated heterocycles. The summed E-state index contributed by atoms with van der Waals surface area (Å²) in [5.41, 5.74) is 0.788. The largest absolute Gasteiger partial charge is 0.497 e. The van der Waals surface area contributed by atoms with Gasteiger partial charge in [-0.3, -0.25) is 4.79 Å². The van der Waals surface area contributed by atoms with Crippen LogP contribution in [0.25, 0.3) is 0 Å². The average molecular weight is 327 g/mol. The maximum absolute atomic E-state index is 12.2. The lowest BCUT2D eigenvalue weighted by molar-refractivity contribution is -0.124. The zero-order valence-electron chi connectivity index (χ0n) is 13.0. The van der Waals surface area contributed by atoms with E-state index in [-0.39, 0.29) is 23.5 Å². The maximum Gasteiger partial charge on any atom is 0.224 e. The molecule has 0 bridgehead atoms. The number of amides is 1. The van der Waals surface area contributed by atoms with Crippen molar-refractivity contribution in [2.24, 2.45) is 5.92 Å². The highest BCUT2D eigenvalue weighted by molar-refractivity contribution is 7.91. The molecule has 2 atom stereocenters. The highest BCUT2D eigenvalue weighted by Crippen LogP contribution is 2.30. The lowest BCUT2D eigenvalue weighted by Gasteiger charge is -2.19. The minimum atomic E-state index is -3.07. The van der Waals surface area contributed by atoms with Gasteiger partial charge in [-0.15, -0.1) is 0 Å². The van der Waals surface area contributed by atoms with Gasteiger partial charge in [0.2, 0.25) is 5.91 Å². The summed E-state index contributed by atoms with van der Waals surface area (Å²) in [6.45, 7) is 1.83. The minimum Gasteiger partial charge on any atom is -0.497 e. The van der Waals surface area contributed by atoms with E-state index in [1.54, 1.807) is 32.4 Å². The number of carbonyl (C=O) groups is 1. The van der Waals surface area contributed by atoms with Gasteiger partial charge < -0.3 is 14.8 Å². The van der Waals surface area contributed by atoms with Crippen LogP contribution in [0.1, 0.15) is 24.9 Å². The van der Waals surface area contributed by atoms with E-state index < -0.39 is 15.8 Å². The van der Waals surface area contributed by atoms with Crippen molar-refractivity contribution in [3.63, 3.8) is 0 Å². The zero-order valence-corrected chi connectivity index (χ0v) is 13.8. The third kappa shape index (κ3) is 3.71. The predicted molar refractivity (Wildman–Crippen MR) is 82.9 cm³/mol. The Morgan fingerprint density at radius 1 is 1.32 bits per heavy atom. The van der Waals surface area contributed by atoms with Gasteiger partial charge in [0.1, 0.15) is 11.5 Å². The van der Waals surface area contributed by atoms with Crippen molar-refractivity contribution in [1.29, 1.82) is 0 Å². The zero-order chi connectivity index (χ0) is 16.3. The molecule has 1 aliphatic rings. The summed E-state index contributed by atoms with van der Waals surface area (Å²) in [6, 6.07) is 5.05. The van der Waals surface area contributed by atoms with Crippen LogP contribution < -0.4 is 14.8 Å². The van der Waals surface area contributed by atoms with Crippen LogP contribution in [0, 0.1) is 5.92 Å². The van der Waals surface area contributed by atoms with Gasteiger partial charge >= 0.3 is 0 Å². The van der Waals surface area contributed by atoms with E-state index in [1.807, 2.05) is 6.92 Å². The van der Waals surface area contributed by atoms with Crippen molar-refractivity contribution in [3.8, 4) is 11.5 Å². The molecular weight excluding hydrogens is 306 g/mol. The van der Waals surface area contributed by atoms with Crippen molar-refractivity contribution in [2.45, 2.75) is 19.4 Å². The molecule has 1 aliphatic heterocycles. The van der Waals surface area contributed by atoms with Crippen molar-refractivity contribution < 1.29 is 22.7 Å². The van der Waals surface area contributed by atoms with Crippen molar-refractivity contribution >= 4 is 15.7 Å². The Morgan fingerprint density at radius 2 is 2.05 bits per heavy atom. The fraction of sp³-hybridized carbons (Fsp3) is 0.533. The Labute approximate surface area is 130 Å². The summed E-state index contributed by atoms with van der Waals surface area (Å²) in [5.74, 6) is 0.624. The third-order valence-electron chi connectivity index (χ3n) is 3.87. The monoisotopic (exact) mass is 327 g/mol. The van der Waals surface area contributed by atoms with Gasteiger partial charge in [-0.1, -0.05) is 0 Å². The molecule has 0 saturated carbocycles. The Bertz CT molecular complexity index is 656. The Kier molecular flexibility index (Phi) is 4.95. The SMILES string of the molecule is COc1ccc(OC)c([C@@H](C)NC(=O)[C@@H]2CCS(=O)(=O)C2)c1. The van der Waals surface area contributed by atoms with E-state index in [2.05, 4.69) is 5.32 Å². The van der Waals surface area contributed by atoms with Crippen LogP contribution >= 0.6 is 0 Å². The number of carbonyl (C=O) groups excluding carboxylic acids is 1. The van der Waals surface area contributed by atoms with Crippen LogP contribution in [0.4, 0.5) is 0 Å². The average Bonchev–Trinajstić information content (AvgIpc) is 2.86. The molecule has 0 unspecified atom stereocenters. The van der Waals surface area contributed by atoms with Crippen LogP contribution in [0.2, 0.25) is 0 Å². The number of sulfone groups is 1. The number of ether oxygens (including phenoxy) is 2. The summed E-state index contributed by atoms with van der Waals surface area (Å²) < 4.78 is 33.4. The van der Waals surface area contributed by atoms with E-state index in [4.69, 9.17) is 9.47 Å². The number of rotatable bonds is 5. The Hall–Kier alpha value is -1.76. The standard InChI is InChI=1S/C15H21NO5S/c1-10(13-8-12(20-2)4-5-14(13)21-3)16-15(17)11-6-7-22(18,19)9-11/h4-5,8,10-11H,6-7,9H2,1-3H3,(H,16,17)/t10-,11-/m1/s1. The molecule has 1 amide bonds. The molecule has 0 aliphatic carbocycles. The molecule has 1 aromatic carbocycles. The first kappa shape index (κ1) is 16.6. The summed E-state index contributed by atoms with van der Waals surface area (Å²) in [6.07, 6.45) is 0.385. The van der Waals surface area contributed by atoms with Gasteiger partial charge in [0.05, 0.1) is 37.7 Å². The topological polar surface area (TPSA) is 81.7 Å². The quantitative estimate of drug-likeness (QED) is 0.882. The van der Waals surface area contributed by atoms with Gasteiger partial charge in [-0.05, 0) is 31.5 Å². The molecule has 2 rings (SSSR count). The summed E-state index contributed by atoms with van der Waals surface area (Å²) in [7, 11) is 0.0567. The lowest BCUT2D eigenvalue weighted by Crippen LogP contribution is -2.33. The van der Waals surface area contributed by atoms with E-state index in [1.165, 1.54) is 0 Å². The molecule has 0 aromatic heterocycles. The molecule has 122 valence electrons. The fourth-order valence-electron chi connectivity index (χ4n) is 2.59. The molecule has 22 heavy (non-hydrogen) atoms. The lowest BCUT2D eigenvalue weighted by atomic mass is 10.0. The van der Waals surface area contributed by atoms with Crippen LogP contribution in [0.5, 0.6) is 11.5 Å². The normalized spacial score (nSPS) is 21.1.